The molecule has 0 aliphatic heterocycles. The van der Waals surface area contributed by atoms with Gasteiger partial charge in [0, 0.05) is 17.0 Å². The summed E-state index contributed by atoms with van der Waals surface area (Å²) < 4.78 is 0. The lowest BCUT2D eigenvalue weighted by molar-refractivity contribution is 0.563. The van der Waals surface area contributed by atoms with Gasteiger partial charge in [-0.25, -0.2) is 4.79 Å². The van der Waals surface area contributed by atoms with Gasteiger partial charge in [-0.2, -0.15) is 0 Å². The van der Waals surface area contributed by atoms with Crippen molar-refractivity contribution in [2.45, 2.75) is 58.3 Å². The van der Waals surface area contributed by atoms with Crippen molar-refractivity contribution in [1.82, 2.24) is 0 Å². The van der Waals surface area contributed by atoms with E-state index in [0.717, 1.165) is 29.8 Å². The summed E-state index contributed by atoms with van der Waals surface area (Å²) in [7, 11) is 0. The zero-order chi connectivity index (χ0) is 14.1. The standard InChI is InChI=1S/C17H23ClO/c1-3-5-6-7-9-14(12-13-19)16-10-8-11-17(18)15(16)4-2/h8,10-12,14H,3-7,9H2,1-2H3. The Kier molecular flexibility index (Phi) is 7.55. The molecule has 0 saturated carbocycles. The maximum absolute atomic E-state index is 10.7. The Morgan fingerprint density at radius 3 is 2.68 bits per heavy atom. The summed E-state index contributed by atoms with van der Waals surface area (Å²) in [4.78, 5) is 10.7. The Morgan fingerprint density at radius 1 is 1.26 bits per heavy atom. The first-order valence-electron chi connectivity index (χ1n) is 7.22. The Bertz CT molecular complexity index is 433. The van der Waals surface area contributed by atoms with Crippen LogP contribution in [0.3, 0.4) is 0 Å². The van der Waals surface area contributed by atoms with Crippen LogP contribution in [0.25, 0.3) is 0 Å². The van der Waals surface area contributed by atoms with Crippen LogP contribution in [-0.4, -0.2) is 5.94 Å². The highest BCUT2D eigenvalue weighted by atomic mass is 35.5. The van der Waals surface area contributed by atoms with E-state index in [2.05, 4.69) is 19.9 Å². The smallest absolute Gasteiger partial charge is 0.120 e. The summed E-state index contributed by atoms with van der Waals surface area (Å²) in [6.07, 6.45) is 8.40. The van der Waals surface area contributed by atoms with Gasteiger partial charge >= 0.3 is 0 Å². The highest BCUT2D eigenvalue weighted by Gasteiger charge is 2.14. The molecule has 0 spiro atoms. The molecule has 104 valence electrons. The minimum absolute atomic E-state index is 0.156. The molecule has 0 N–H and O–H groups in total. The molecule has 1 unspecified atom stereocenters. The van der Waals surface area contributed by atoms with E-state index in [4.69, 9.17) is 11.6 Å². The average Bonchev–Trinajstić information content (AvgIpc) is 2.42. The van der Waals surface area contributed by atoms with E-state index in [0.29, 0.717) is 0 Å². The van der Waals surface area contributed by atoms with E-state index in [-0.39, 0.29) is 5.92 Å². The van der Waals surface area contributed by atoms with Gasteiger partial charge in [-0.05, 0) is 30.0 Å². The highest BCUT2D eigenvalue weighted by molar-refractivity contribution is 6.31. The molecule has 0 saturated heterocycles. The van der Waals surface area contributed by atoms with E-state index < -0.39 is 0 Å². The summed E-state index contributed by atoms with van der Waals surface area (Å²) in [5, 5.41) is 0.804. The predicted octanol–water partition coefficient (Wildman–Crippen LogP) is 5.34. The van der Waals surface area contributed by atoms with E-state index >= 15 is 0 Å². The zero-order valence-corrected chi connectivity index (χ0v) is 12.7. The van der Waals surface area contributed by atoms with Gasteiger partial charge in [0.15, 0.2) is 0 Å². The Balaban J connectivity index is 2.86. The van der Waals surface area contributed by atoms with E-state index in [1.807, 2.05) is 18.1 Å². The van der Waals surface area contributed by atoms with Crippen LogP contribution in [0.15, 0.2) is 24.3 Å². The van der Waals surface area contributed by atoms with Gasteiger partial charge in [-0.1, -0.05) is 63.3 Å². The molecular weight excluding hydrogens is 256 g/mol. The number of halogens is 1. The second-order valence-electron chi connectivity index (χ2n) is 4.90. The third-order valence-electron chi connectivity index (χ3n) is 3.55. The first-order valence-corrected chi connectivity index (χ1v) is 7.60. The van der Waals surface area contributed by atoms with Gasteiger partial charge in [0.2, 0.25) is 0 Å². The van der Waals surface area contributed by atoms with Gasteiger partial charge < -0.3 is 0 Å². The van der Waals surface area contributed by atoms with E-state index in [1.165, 1.54) is 24.8 Å². The minimum atomic E-state index is 0.156. The summed E-state index contributed by atoms with van der Waals surface area (Å²) in [5.74, 6) is 2.12. The van der Waals surface area contributed by atoms with E-state index in [1.54, 1.807) is 6.08 Å². The van der Waals surface area contributed by atoms with Crippen LogP contribution in [-0.2, 0) is 11.2 Å². The number of unbranched alkanes of at least 4 members (excludes halogenated alkanes) is 3. The zero-order valence-electron chi connectivity index (χ0n) is 11.9. The molecule has 0 radical (unpaired) electrons. The van der Waals surface area contributed by atoms with Crippen molar-refractivity contribution >= 4 is 17.5 Å². The number of allylic oxidation sites excluding steroid dienone is 1. The van der Waals surface area contributed by atoms with Crippen molar-refractivity contribution in [1.29, 1.82) is 0 Å². The second kappa shape index (κ2) is 8.96. The first kappa shape index (κ1) is 16.0. The molecule has 1 atom stereocenters. The molecule has 1 aromatic rings. The average molecular weight is 279 g/mol. The third-order valence-corrected chi connectivity index (χ3v) is 3.90. The van der Waals surface area contributed by atoms with Crippen molar-refractivity contribution in [2.24, 2.45) is 0 Å². The van der Waals surface area contributed by atoms with Crippen LogP contribution < -0.4 is 0 Å². The van der Waals surface area contributed by atoms with Crippen LogP contribution >= 0.6 is 11.6 Å². The molecule has 19 heavy (non-hydrogen) atoms. The summed E-state index contributed by atoms with van der Waals surface area (Å²) >= 11 is 6.25. The molecule has 0 bridgehead atoms. The molecular formula is C17H23ClO. The van der Waals surface area contributed by atoms with Crippen LogP contribution in [0.4, 0.5) is 0 Å². The number of carbonyl (C=O) groups excluding carboxylic acids is 1. The quantitative estimate of drug-likeness (QED) is 0.463. The lowest BCUT2D eigenvalue weighted by Gasteiger charge is -2.17. The normalized spacial score (nSPS) is 11.9. The first-order chi connectivity index (χ1) is 9.24. The number of hydrogen-bond donors (Lipinski definition) is 0. The van der Waals surface area contributed by atoms with Crippen molar-refractivity contribution in [3.05, 3.63) is 40.4 Å². The van der Waals surface area contributed by atoms with Crippen molar-refractivity contribution in [2.75, 3.05) is 0 Å². The minimum Gasteiger partial charge on any atom is -0.234 e. The number of benzene rings is 1. The third kappa shape index (κ3) is 4.86. The Labute approximate surface area is 121 Å². The molecule has 0 heterocycles. The lowest BCUT2D eigenvalue weighted by atomic mass is 9.89. The molecule has 2 heteroatoms. The largest absolute Gasteiger partial charge is 0.234 e. The van der Waals surface area contributed by atoms with Gasteiger partial charge in [0.25, 0.3) is 0 Å². The fourth-order valence-electron chi connectivity index (χ4n) is 2.50. The molecule has 1 nitrogen and oxygen atoms in total. The predicted molar refractivity (Wildman–Crippen MR) is 82.6 cm³/mol. The van der Waals surface area contributed by atoms with Crippen LogP contribution in [0.5, 0.6) is 0 Å². The SMILES string of the molecule is CCCCCCC(C=C=O)c1cccc(Cl)c1CC. The van der Waals surface area contributed by atoms with Crippen molar-refractivity contribution in [3.63, 3.8) is 0 Å². The molecule has 1 rings (SSSR count). The Hall–Kier alpha value is -1.04. The molecule has 0 aromatic heterocycles. The monoisotopic (exact) mass is 278 g/mol. The maximum Gasteiger partial charge on any atom is 0.120 e. The second-order valence-corrected chi connectivity index (χ2v) is 5.31. The summed E-state index contributed by atoms with van der Waals surface area (Å²) in [5.41, 5.74) is 2.35. The topological polar surface area (TPSA) is 17.1 Å². The fraction of sp³-hybridized carbons (Fsp3) is 0.529. The highest BCUT2D eigenvalue weighted by Crippen LogP contribution is 2.30. The molecule has 0 aliphatic rings. The fourth-order valence-corrected chi connectivity index (χ4v) is 2.81. The van der Waals surface area contributed by atoms with Crippen molar-refractivity contribution < 1.29 is 4.79 Å². The summed E-state index contributed by atoms with van der Waals surface area (Å²) in [6, 6.07) is 5.97. The van der Waals surface area contributed by atoms with E-state index in [9.17, 15) is 4.79 Å². The maximum atomic E-state index is 10.7. The van der Waals surface area contributed by atoms with Gasteiger partial charge in [-0.3, -0.25) is 0 Å². The number of rotatable bonds is 8. The van der Waals surface area contributed by atoms with Crippen molar-refractivity contribution in [3.8, 4) is 0 Å². The molecule has 0 fully saturated rings. The van der Waals surface area contributed by atoms with Gasteiger partial charge in [-0.15, -0.1) is 0 Å². The van der Waals surface area contributed by atoms with Crippen LogP contribution in [0.1, 0.15) is 63.0 Å². The molecule has 1 aromatic carbocycles. The molecule has 0 amide bonds. The Morgan fingerprint density at radius 2 is 2.05 bits per heavy atom. The number of hydrogen-bond acceptors (Lipinski definition) is 1. The lowest BCUT2D eigenvalue weighted by Crippen LogP contribution is -2.01. The van der Waals surface area contributed by atoms with Crippen LogP contribution in [0.2, 0.25) is 5.02 Å². The van der Waals surface area contributed by atoms with Crippen LogP contribution in [0, 0.1) is 0 Å². The summed E-state index contributed by atoms with van der Waals surface area (Å²) in [6.45, 7) is 4.30. The molecule has 0 aliphatic carbocycles. The van der Waals surface area contributed by atoms with Gasteiger partial charge in [0.1, 0.15) is 5.94 Å². The van der Waals surface area contributed by atoms with Gasteiger partial charge in [0.05, 0.1) is 0 Å².